The van der Waals surface area contributed by atoms with Crippen LogP contribution < -0.4 is 10.2 Å². The molecule has 0 radical (unpaired) electrons. The van der Waals surface area contributed by atoms with Crippen LogP contribution in [0.5, 0.6) is 5.75 Å². The lowest BCUT2D eigenvalue weighted by Crippen LogP contribution is -2.24. The Morgan fingerprint density at radius 3 is 2.35 bits per heavy atom. The maximum Gasteiger partial charge on any atom is 0.267 e. The molecule has 174 valence electrons. The van der Waals surface area contributed by atoms with Gasteiger partial charge in [0.1, 0.15) is 17.3 Å². The average Bonchev–Trinajstić information content (AvgIpc) is 3.30. The van der Waals surface area contributed by atoms with E-state index < -0.39 is 39.3 Å². The molecule has 0 aliphatic rings. The number of ketones is 1. The van der Waals surface area contributed by atoms with Gasteiger partial charge in [0.2, 0.25) is 27.0 Å². The molecule has 2 aromatic carbocycles. The lowest BCUT2D eigenvalue weighted by atomic mass is 10.1. The number of benzene rings is 2. The van der Waals surface area contributed by atoms with E-state index in [1.807, 2.05) is 0 Å². The van der Waals surface area contributed by atoms with E-state index in [9.17, 15) is 27.5 Å². The minimum absolute atomic E-state index is 0.0108. The Bertz CT molecular complexity index is 1490. The van der Waals surface area contributed by atoms with Gasteiger partial charge in [0.05, 0.1) is 11.4 Å². The van der Waals surface area contributed by atoms with Gasteiger partial charge in [-0.2, -0.15) is 0 Å². The first kappa shape index (κ1) is 23.1. The third kappa shape index (κ3) is 5.13. The van der Waals surface area contributed by atoms with E-state index in [2.05, 4.69) is 4.72 Å². The molecule has 0 fully saturated rings. The number of aromatic hydroxyl groups is 1. The third-order valence-electron chi connectivity index (χ3n) is 4.85. The molecule has 2 heterocycles. The lowest BCUT2D eigenvalue weighted by molar-refractivity contribution is 0.0972. The molecule has 2 N–H and O–H groups in total. The molecule has 0 saturated heterocycles. The maximum absolute atomic E-state index is 13.1. The van der Waals surface area contributed by atoms with Crippen molar-refractivity contribution in [3.8, 4) is 5.75 Å². The summed E-state index contributed by atoms with van der Waals surface area (Å²) in [5.74, 6) is -2.85. The smallest absolute Gasteiger partial charge is 0.267 e. The van der Waals surface area contributed by atoms with Gasteiger partial charge in [-0.15, -0.1) is 0 Å². The first-order valence-corrected chi connectivity index (χ1v) is 11.5. The van der Waals surface area contributed by atoms with E-state index in [1.165, 1.54) is 36.4 Å². The molecular formula is C24H18FNO7S. The van der Waals surface area contributed by atoms with Crippen molar-refractivity contribution in [1.29, 1.82) is 0 Å². The van der Waals surface area contributed by atoms with Gasteiger partial charge in [0, 0.05) is 12.5 Å². The molecule has 0 aliphatic carbocycles. The molecule has 0 amide bonds. The first-order chi connectivity index (χ1) is 16.2. The number of hydrogen-bond donors (Lipinski definition) is 2. The van der Waals surface area contributed by atoms with Gasteiger partial charge in [0.15, 0.2) is 5.76 Å². The number of hydrogen-bond acceptors (Lipinski definition) is 7. The predicted octanol–water partition coefficient (Wildman–Crippen LogP) is 3.38. The highest BCUT2D eigenvalue weighted by atomic mass is 32.2. The molecule has 0 atom stereocenters. The van der Waals surface area contributed by atoms with Crippen molar-refractivity contribution in [3.63, 3.8) is 0 Å². The van der Waals surface area contributed by atoms with Crippen molar-refractivity contribution in [3.05, 3.63) is 117 Å². The first-order valence-electron chi connectivity index (χ1n) is 10.0. The molecule has 0 unspecified atom stereocenters. The van der Waals surface area contributed by atoms with Gasteiger partial charge in [-0.3, -0.25) is 9.59 Å². The summed E-state index contributed by atoms with van der Waals surface area (Å²) in [5.41, 5.74) is -0.168. The van der Waals surface area contributed by atoms with Gasteiger partial charge < -0.3 is 13.9 Å². The Labute approximate surface area is 193 Å². The van der Waals surface area contributed by atoms with Crippen molar-refractivity contribution in [2.75, 3.05) is 0 Å². The van der Waals surface area contributed by atoms with Crippen molar-refractivity contribution in [2.45, 2.75) is 17.9 Å². The predicted molar refractivity (Wildman–Crippen MR) is 118 cm³/mol. The van der Waals surface area contributed by atoms with Crippen LogP contribution in [0.1, 0.15) is 33.4 Å². The van der Waals surface area contributed by atoms with E-state index in [-0.39, 0.29) is 28.7 Å². The Kier molecular flexibility index (Phi) is 6.44. The van der Waals surface area contributed by atoms with Crippen LogP contribution >= 0.6 is 0 Å². The highest BCUT2D eigenvalue weighted by Crippen LogP contribution is 2.22. The highest BCUT2D eigenvalue weighted by molar-refractivity contribution is 7.89. The quantitative estimate of drug-likeness (QED) is 0.368. The van der Waals surface area contributed by atoms with Crippen LogP contribution in [0.15, 0.2) is 91.3 Å². The largest absolute Gasteiger partial charge is 0.501 e. The number of carbonyl (C=O) groups excluding carboxylic acids is 1. The number of rotatable bonds is 8. The van der Waals surface area contributed by atoms with Crippen molar-refractivity contribution >= 4 is 15.8 Å². The molecule has 8 nitrogen and oxygen atoms in total. The van der Waals surface area contributed by atoms with Crippen LogP contribution in [-0.4, -0.2) is 19.3 Å². The Balaban J connectivity index is 1.54. The zero-order valence-corrected chi connectivity index (χ0v) is 18.3. The van der Waals surface area contributed by atoms with Gasteiger partial charge in [-0.25, -0.2) is 17.5 Å². The molecule has 0 bridgehead atoms. The normalized spacial score (nSPS) is 11.4. The monoisotopic (exact) mass is 483 g/mol. The number of furan rings is 1. The van der Waals surface area contributed by atoms with Crippen LogP contribution in [0, 0.1) is 5.82 Å². The van der Waals surface area contributed by atoms with Gasteiger partial charge >= 0.3 is 0 Å². The topological polar surface area (TPSA) is 127 Å². The van der Waals surface area contributed by atoms with Gasteiger partial charge in [-0.1, -0.05) is 30.3 Å². The Morgan fingerprint density at radius 1 is 0.941 bits per heavy atom. The van der Waals surface area contributed by atoms with Gasteiger partial charge in [-0.05, 0) is 42.0 Å². The summed E-state index contributed by atoms with van der Waals surface area (Å²) in [6, 6.07) is 17.1. The fourth-order valence-corrected chi connectivity index (χ4v) is 4.15. The second-order valence-corrected chi connectivity index (χ2v) is 9.06. The summed E-state index contributed by atoms with van der Waals surface area (Å²) >= 11 is 0. The highest BCUT2D eigenvalue weighted by Gasteiger charge is 2.24. The van der Waals surface area contributed by atoms with Crippen LogP contribution in [0.4, 0.5) is 4.39 Å². The molecule has 0 saturated carbocycles. The minimum atomic E-state index is -3.90. The number of carbonyl (C=O) groups is 1. The van der Waals surface area contributed by atoms with Crippen LogP contribution in [0.3, 0.4) is 0 Å². The molecule has 4 rings (SSSR count). The third-order valence-corrected chi connectivity index (χ3v) is 6.26. The lowest BCUT2D eigenvalue weighted by Gasteiger charge is -2.08. The fourth-order valence-electron chi connectivity index (χ4n) is 3.14. The van der Waals surface area contributed by atoms with Crippen LogP contribution in [0.2, 0.25) is 0 Å². The molecule has 10 heteroatoms. The van der Waals surface area contributed by atoms with Crippen molar-refractivity contribution < 1.29 is 31.5 Å². The zero-order chi connectivity index (χ0) is 24.3. The van der Waals surface area contributed by atoms with Crippen LogP contribution in [0.25, 0.3) is 0 Å². The molecule has 0 spiro atoms. The van der Waals surface area contributed by atoms with Crippen LogP contribution in [-0.2, 0) is 23.0 Å². The number of nitrogens with one attached hydrogen (secondary N) is 1. The summed E-state index contributed by atoms with van der Waals surface area (Å²) in [5, 5.41) is 10.1. The summed E-state index contributed by atoms with van der Waals surface area (Å²) < 4.78 is 51.0. The maximum atomic E-state index is 13.1. The second-order valence-electron chi connectivity index (χ2n) is 7.29. The van der Waals surface area contributed by atoms with Crippen molar-refractivity contribution in [2.24, 2.45) is 0 Å². The summed E-state index contributed by atoms with van der Waals surface area (Å²) in [4.78, 5) is 25.0. The molecule has 2 aromatic heterocycles. The van der Waals surface area contributed by atoms with Crippen molar-refractivity contribution in [1.82, 2.24) is 4.72 Å². The van der Waals surface area contributed by atoms with E-state index >= 15 is 0 Å². The second kappa shape index (κ2) is 9.46. The molecule has 0 aliphatic heterocycles. The summed E-state index contributed by atoms with van der Waals surface area (Å²) in [7, 11) is -3.90. The number of sulfonamides is 1. The van der Waals surface area contributed by atoms with Gasteiger partial charge in [0.25, 0.3) is 5.78 Å². The van der Waals surface area contributed by atoms with E-state index in [0.717, 1.165) is 11.6 Å². The minimum Gasteiger partial charge on any atom is -0.501 e. The standard InChI is InChI=1S/C24H18FNO7S/c25-16-8-6-15(7-9-16)12-17-10-11-21(32-17)23(29)24-22(28)20(27)13-18(33-24)14-26-34(30,31)19-4-2-1-3-5-19/h1-11,13,26,28H,12,14H2. The fraction of sp³-hybridized carbons (Fsp3) is 0.0833. The molecule has 4 aromatic rings. The zero-order valence-electron chi connectivity index (χ0n) is 17.5. The summed E-state index contributed by atoms with van der Waals surface area (Å²) in [6.07, 6.45) is 0.283. The SMILES string of the molecule is O=C(c1ccc(Cc2ccc(F)cc2)o1)c1oc(CNS(=O)(=O)c2ccccc2)cc(=O)c1O. The van der Waals surface area contributed by atoms with E-state index in [4.69, 9.17) is 8.83 Å². The average molecular weight is 483 g/mol. The Morgan fingerprint density at radius 2 is 1.65 bits per heavy atom. The number of halogens is 1. The van der Waals surface area contributed by atoms with E-state index in [0.29, 0.717) is 5.76 Å². The molecular weight excluding hydrogens is 465 g/mol. The van der Waals surface area contributed by atoms with E-state index in [1.54, 1.807) is 30.3 Å². The summed E-state index contributed by atoms with van der Waals surface area (Å²) in [6.45, 7) is -0.430. The molecule has 34 heavy (non-hydrogen) atoms. The Hall–Kier alpha value is -4.02.